The molecular weight excluding hydrogens is 222 g/mol. The highest BCUT2D eigenvalue weighted by Crippen LogP contribution is 2.32. The molecule has 2 aromatic rings. The van der Waals surface area contributed by atoms with E-state index in [9.17, 15) is 4.79 Å². The van der Waals surface area contributed by atoms with Crippen LogP contribution in [0.4, 0.5) is 0 Å². The highest BCUT2D eigenvalue weighted by Gasteiger charge is 2.27. The Morgan fingerprint density at radius 1 is 0.944 bits per heavy atom. The number of hydrogen-bond acceptors (Lipinski definition) is 1. The van der Waals surface area contributed by atoms with Crippen molar-refractivity contribution in [3.8, 4) is 11.1 Å². The number of hydrogen-bond donors (Lipinski definition) is 1. The Balaban J connectivity index is 2.08. The summed E-state index contributed by atoms with van der Waals surface area (Å²) in [5.41, 5.74) is 3.48. The molecular formula is C16H15NO. The molecule has 1 heterocycles. The quantitative estimate of drug-likeness (QED) is 0.854. The lowest BCUT2D eigenvalue weighted by Gasteiger charge is -2.13. The first kappa shape index (κ1) is 11.0. The molecule has 1 aliphatic rings. The van der Waals surface area contributed by atoms with Gasteiger partial charge in [-0.25, -0.2) is 0 Å². The van der Waals surface area contributed by atoms with E-state index in [1.165, 1.54) is 11.1 Å². The first-order valence-corrected chi connectivity index (χ1v) is 6.28. The average Bonchev–Trinajstić information content (AvgIpc) is 2.86. The van der Waals surface area contributed by atoms with Crippen LogP contribution in [-0.2, 0) is 4.79 Å². The third-order valence-electron chi connectivity index (χ3n) is 3.47. The van der Waals surface area contributed by atoms with Crippen LogP contribution in [0.3, 0.4) is 0 Å². The van der Waals surface area contributed by atoms with Crippen molar-refractivity contribution in [3.05, 3.63) is 60.2 Å². The highest BCUT2D eigenvalue weighted by molar-refractivity contribution is 5.88. The number of benzene rings is 2. The summed E-state index contributed by atoms with van der Waals surface area (Å²) < 4.78 is 0. The zero-order valence-electron chi connectivity index (χ0n) is 10.1. The van der Waals surface area contributed by atoms with E-state index in [0.29, 0.717) is 0 Å². The summed E-state index contributed by atoms with van der Waals surface area (Å²) in [6.45, 7) is 0.784. The van der Waals surface area contributed by atoms with Crippen LogP contribution in [0.1, 0.15) is 17.9 Å². The van der Waals surface area contributed by atoms with E-state index >= 15 is 0 Å². The molecule has 1 atom stereocenters. The molecule has 18 heavy (non-hydrogen) atoms. The second-order valence-corrected chi connectivity index (χ2v) is 4.59. The first-order valence-electron chi connectivity index (χ1n) is 6.28. The molecule has 0 bridgehead atoms. The van der Waals surface area contributed by atoms with Crippen LogP contribution < -0.4 is 5.32 Å². The molecule has 0 aliphatic carbocycles. The minimum Gasteiger partial charge on any atom is -0.356 e. The fourth-order valence-electron chi connectivity index (χ4n) is 2.57. The van der Waals surface area contributed by atoms with E-state index in [1.54, 1.807) is 0 Å². The van der Waals surface area contributed by atoms with Gasteiger partial charge in [-0.3, -0.25) is 4.79 Å². The normalized spacial score (nSPS) is 18.7. The number of nitrogens with one attached hydrogen (secondary N) is 1. The molecule has 0 radical (unpaired) electrons. The summed E-state index contributed by atoms with van der Waals surface area (Å²) >= 11 is 0. The molecule has 0 spiro atoms. The van der Waals surface area contributed by atoms with Crippen molar-refractivity contribution in [2.75, 3.05) is 6.54 Å². The van der Waals surface area contributed by atoms with Crippen molar-refractivity contribution >= 4 is 5.91 Å². The van der Waals surface area contributed by atoms with Crippen molar-refractivity contribution in [1.82, 2.24) is 5.32 Å². The van der Waals surface area contributed by atoms with Crippen LogP contribution in [0, 0.1) is 0 Å². The molecule has 1 aliphatic heterocycles. The van der Waals surface area contributed by atoms with Crippen molar-refractivity contribution in [2.45, 2.75) is 12.3 Å². The molecule has 3 rings (SSSR count). The zero-order chi connectivity index (χ0) is 12.4. The second kappa shape index (κ2) is 4.65. The van der Waals surface area contributed by atoms with Crippen molar-refractivity contribution in [3.63, 3.8) is 0 Å². The van der Waals surface area contributed by atoms with E-state index in [0.717, 1.165) is 18.5 Å². The highest BCUT2D eigenvalue weighted by atomic mass is 16.2. The molecule has 1 N–H and O–H groups in total. The van der Waals surface area contributed by atoms with Crippen LogP contribution in [0.2, 0.25) is 0 Å². The van der Waals surface area contributed by atoms with E-state index in [1.807, 2.05) is 30.3 Å². The molecule has 0 saturated carbocycles. The maximum absolute atomic E-state index is 11.8. The van der Waals surface area contributed by atoms with E-state index in [-0.39, 0.29) is 11.8 Å². The first-order chi connectivity index (χ1) is 8.86. The minimum atomic E-state index is 0.00130. The Bertz CT molecular complexity index is 562. The van der Waals surface area contributed by atoms with Gasteiger partial charge in [0.25, 0.3) is 0 Å². The van der Waals surface area contributed by atoms with E-state index in [4.69, 9.17) is 0 Å². The van der Waals surface area contributed by atoms with Gasteiger partial charge in [-0.2, -0.15) is 0 Å². The Morgan fingerprint density at radius 3 is 2.39 bits per heavy atom. The van der Waals surface area contributed by atoms with Crippen LogP contribution in [0.15, 0.2) is 54.6 Å². The molecule has 1 saturated heterocycles. The van der Waals surface area contributed by atoms with Crippen LogP contribution in [-0.4, -0.2) is 12.5 Å². The summed E-state index contributed by atoms with van der Waals surface area (Å²) in [5.74, 6) is 0.153. The van der Waals surface area contributed by atoms with Gasteiger partial charge in [-0.1, -0.05) is 54.6 Å². The number of carbonyl (C=O) groups is 1. The molecule has 2 aromatic carbocycles. The summed E-state index contributed by atoms with van der Waals surface area (Å²) in [7, 11) is 0. The number of amides is 1. The maximum Gasteiger partial charge on any atom is 0.227 e. The summed E-state index contributed by atoms with van der Waals surface area (Å²) in [6.07, 6.45) is 0.892. The van der Waals surface area contributed by atoms with Crippen LogP contribution >= 0.6 is 0 Å². The van der Waals surface area contributed by atoms with Crippen molar-refractivity contribution in [2.24, 2.45) is 0 Å². The van der Waals surface area contributed by atoms with Crippen molar-refractivity contribution < 1.29 is 4.79 Å². The molecule has 1 unspecified atom stereocenters. The van der Waals surface area contributed by atoms with Gasteiger partial charge in [0.15, 0.2) is 0 Å². The third kappa shape index (κ3) is 1.90. The Labute approximate surface area is 107 Å². The Kier molecular flexibility index (Phi) is 2.85. The number of rotatable bonds is 2. The fraction of sp³-hybridized carbons (Fsp3) is 0.188. The monoisotopic (exact) mass is 237 g/mol. The Morgan fingerprint density at radius 2 is 1.67 bits per heavy atom. The van der Waals surface area contributed by atoms with Gasteiger partial charge in [0, 0.05) is 6.54 Å². The fourth-order valence-corrected chi connectivity index (χ4v) is 2.57. The standard InChI is InChI=1S/C16H15NO/c18-16-15(10-11-17-16)14-9-5-4-8-13(14)12-6-2-1-3-7-12/h1-9,15H,10-11H2,(H,17,18). The van der Waals surface area contributed by atoms with Crippen molar-refractivity contribution in [1.29, 1.82) is 0 Å². The minimum absolute atomic E-state index is 0.00130. The lowest BCUT2D eigenvalue weighted by molar-refractivity contribution is -0.120. The summed E-state index contributed by atoms with van der Waals surface area (Å²) in [6, 6.07) is 18.4. The van der Waals surface area contributed by atoms with Gasteiger partial charge in [0.2, 0.25) is 5.91 Å². The van der Waals surface area contributed by atoms with Gasteiger partial charge in [-0.15, -0.1) is 0 Å². The van der Waals surface area contributed by atoms with Crippen LogP contribution in [0.5, 0.6) is 0 Å². The topological polar surface area (TPSA) is 29.1 Å². The third-order valence-corrected chi connectivity index (χ3v) is 3.47. The molecule has 2 heteroatoms. The van der Waals surface area contributed by atoms with E-state index < -0.39 is 0 Å². The predicted molar refractivity (Wildman–Crippen MR) is 72.2 cm³/mol. The van der Waals surface area contributed by atoms with Gasteiger partial charge in [0.1, 0.15) is 0 Å². The van der Waals surface area contributed by atoms with E-state index in [2.05, 4.69) is 29.6 Å². The summed E-state index contributed by atoms with van der Waals surface area (Å²) in [4.78, 5) is 11.8. The van der Waals surface area contributed by atoms with Gasteiger partial charge in [0.05, 0.1) is 5.92 Å². The molecule has 2 nitrogen and oxygen atoms in total. The second-order valence-electron chi connectivity index (χ2n) is 4.59. The molecule has 0 aromatic heterocycles. The van der Waals surface area contributed by atoms with Crippen LogP contribution in [0.25, 0.3) is 11.1 Å². The predicted octanol–water partition coefficient (Wildman–Crippen LogP) is 2.96. The number of carbonyl (C=O) groups excluding carboxylic acids is 1. The molecule has 1 amide bonds. The average molecular weight is 237 g/mol. The largest absolute Gasteiger partial charge is 0.356 e. The smallest absolute Gasteiger partial charge is 0.227 e. The lowest BCUT2D eigenvalue weighted by atomic mass is 9.90. The summed E-state index contributed by atoms with van der Waals surface area (Å²) in [5, 5.41) is 2.91. The SMILES string of the molecule is O=C1NCCC1c1ccccc1-c1ccccc1. The zero-order valence-corrected chi connectivity index (χ0v) is 10.1. The molecule has 1 fully saturated rings. The van der Waals surface area contributed by atoms with Gasteiger partial charge >= 0.3 is 0 Å². The lowest BCUT2D eigenvalue weighted by Crippen LogP contribution is -2.18. The Hall–Kier alpha value is -2.09. The molecule has 90 valence electrons. The van der Waals surface area contributed by atoms with Gasteiger partial charge < -0.3 is 5.32 Å². The maximum atomic E-state index is 11.8. The van der Waals surface area contributed by atoms with Gasteiger partial charge in [-0.05, 0) is 23.1 Å².